The van der Waals surface area contributed by atoms with E-state index in [2.05, 4.69) is 0 Å². The molecular weight excluding hydrogens is 244 g/mol. The average Bonchev–Trinajstić information content (AvgIpc) is 2.57. The van der Waals surface area contributed by atoms with E-state index in [0.717, 1.165) is 11.3 Å². The first-order chi connectivity index (χ1) is 8.80. The van der Waals surface area contributed by atoms with E-state index in [1.165, 1.54) is 12.0 Å². The van der Waals surface area contributed by atoms with E-state index in [1.54, 1.807) is 25.1 Å². The molecule has 1 heterocycles. The maximum atomic E-state index is 12.5. The number of esters is 1. The number of hydrogen-bond donors (Lipinski definition) is 1. The van der Waals surface area contributed by atoms with Gasteiger partial charge < -0.3 is 10.5 Å². The molecule has 0 bridgehead atoms. The predicted molar refractivity (Wildman–Crippen MR) is 72.8 cm³/mol. The SMILES string of the molecule is COC(=O)C(C)N1C(=O)C(C)(C)c2cc(N)ccc21. The van der Waals surface area contributed by atoms with Crippen molar-refractivity contribution in [1.82, 2.24) is 0 Å². The third-order valence-corrected chi connectivity index (χ3v) is 3.64. The number of rotatable bonds is 2. The van der Waals surface area contributed by atoms with Crippen molar-refractivity contribution in [2.45, 2.75) is 32.2 Å². The number of fused-ring (bicyclic) bond motifs is 1. The Kier molecular flexibility index (Phi) is 3.00. The molecule has 1 unspecified atom stereocenters. The Morgan fingerprint density at radius 3 is 2.63 bits per heavy atom. The van der Waals surface area contributed by atoms with E-state index in [-0.39, 0.29) is 5.91 Å². The molecule has 1 aromatic carbocycles. The summed E-state index contributed by atoms with van der Waals surface area (Å²) in [6.45, 7) is 5.32. The van der Waals surface area contributed by atoms with Gasteiger partial charge in [-0.2, -0.15) is 0 Å². The molecule has 102 valence electrons. The second-order valence-electron chi connectivity index (χ2n) is 5.28. The molecule has 5 heteroatoms. The highest BCUT2D eigenvalue weighted by molar-refractivity contribution is 6.11. The second kappa shape index (κ2) is 4.26. The van der Waals surface area contributed by atoms with Crippen molar-refractivity contribution >= 4 is 23.3 Å². The van der Waals surface area contributed by atoms with Crippen molar-refractivity contribution in [2.75, 3.05) is 17.7 Å². The molecule has 5 nitrogen and oxygen atoms in total. The van der Waals surface area contributed by atoms with E-state index in [1.807, 2.05) is 13.8 Å². The molecule has 0 saturated heterocycles. The minimum absolute atomic E-state index is 0.119. The summed E-state index contributed by atoms with van der Waals surface area (Å²) in [6, 6.07) is 4.64. The molecule has 1 aliphatic rings. The van der Waals surface area contributed by atoms with E-state index in [4.69, 9.17) is 10.5 Å². The normalized spacial score (nSPS) is 18.1. The molecule has 0 spiro atoms. The summed E-state index contributed by atoms with van der Waals surface area (Å²) >= 11 is 0. The maximum Gasteiger partial charge on any atom is 0.328 e. The van der Waals surface area contributed by atoms with Gasteiger partial charge in [0.1, 0.15) is 6.04 Å². The van der Waals surface area contributed by atoms with Gasteiger partial charge in [0.15, 0.2) is 0 Å². The predicted octanol–water partition coefficient (Wildman–Crippen LogP) is 1.45. The summed E-state index contributed by atoms with van der Waals surface area (Å²) in [5.41, 5.74) is 7.26. The summed E-state index contributed by atoms with van der Waals surface area (Å²) in [7, 11) is 1.31. The third kappa shape index (κ3) is 1.85. The molecule has 1 atom stereocenters. The molecule has 0 aromatic heterocycles. The number of ether oxygens (including phenoxy) is 1. The number of nitrogens with two attached hydrogens (primary N) is 1. The van der Waals surface area contributed by atoms with E-state index in [0.29, 0.717) is 5.69 Å². The zero-order valence-corrected chi connectivity index (χ0v) is 11.6. The topological polar surface area (TPSA) is 72.6 Å². The van der Waals surface area contributed by atoms with Crippen LogP contribution in [0.5, 0.6) is 0 Å². The van der Waals surface area contributed by atoms with Gasteiger partial charge in [0.05, 0.1) is 12.5 Å². The van der Waals surface area contributed by atoms with Crippen molar-refractivity contribution in [3.05, 3.63) is 23.8 Å². The Balaban J connectivity index is 2.55. The average molecular weight is 262 g/mol. The standard InChI is InChI=1S/C14H18N2O3/c1-8(12(17)19-4)16-11-6-5-9(15)7-10(11)14(2,3)13(16)18/h5-8H,15H2,1-4H3. The Morgan fingerprint density at radius 1 is 1.42 bits per heavy atom. The Bertz CT molecular complexity index is 552. The van der Waals surface area contributed by atoms with Crippen LogP contribution in [0.2, 0.25) is 0 Å². The first kappa shape index (κ1) is 13.4. The smallest absolute Gasteiger partial charge is 0.328 e. The molecule has 1 aromatic rings. The third-order valence-electron chi connectivity index (χ3n) is 3.64. The van der Waals surface area contributed by atoms with Gasteiger partial charge in [0, 0.05) is 11.4 Å². The number of methoxy groups -OCH3 is 1. The van der Waals surface area contributed by atoms with Gasteiger partial charge in [0.2, 0.25) is 5.91 Å². The number of amides is 1. The van der Waals surface area contributed by atoms with Crippen LogP contribution in [0.1, 0.15) is 26.3 Å². The molecule has 0 aliphatic carbocycles. The van der Waals surface area contributed by atoms with Crippen LogP contribution >= 0.6 is 0 Å². The summed E-state index contributed by atoms with van der Waals surface area (Å²) in [6.07, 6.45) is 0. The van der Waals surface area contributed by atoms with Crippen molar-refractivity contribution in [2.24, 2.45) is 0 Å². The van der Waals surface area contributed by atoms with E-state index >= 15 is 0 Å². The number of carbonyl (C=O) groups excluding carboxylic acids is 2. The van der Waals surface area contributed by atoms with Gasteiger partial charge in [-0.15, -0.1) is 0 Å². The van der Waals surface area contributed by atoms with Crippen molar-refractivity contribution < 1.29 is 14.3 Å². The summed E-state index contributed by atoms with van der Waals surface area (Å²) in [5, 5.41) is 0. The fourth-order valence-corrected chi connectivity index (χ4v) is 2.45. The fraction of sp³-hybridized carbons (Fsp3) is 0.429. The van der Waals surface area contributed by atoms with Crippen molar-refractivity contribution in [1.29, 1.82) is 0 Å². The molecule has 2 rings (SSSR count). The highest BCUT2D eigenvalue weighted by atomic mass is 16.5. The first-order valence-electron chi connectivity index (χ1n) is 6.12. The number of anilines is 2. The van der Waals surface area contributed by atoms with Gasteiger partial charge in [0.25, 0.3) is 0 Å². The van der Waals surface area contributed by atoms with Crippen molar-refractivity contribution in [3.8, 4) is 0 Å². The lowest BCUT2D eigenvalue weighted by molar-refractivity contribution is -0.143. The molecule has 19 heavy (non-hydrogen) atoms. The van der Waals surface area contributed by atoms with Crippen LogP contribution < -0.4 is 10.6 Å². The number of carbonyl (C=O) groups is 2. The minimum Gasteiger partial charge on any atom is -0.467 e. The Labute approximate surface area is 112 Å². The van der Waals surface area contributed by atoms with Crippen LogP contribution in [-0.2, 0) is 19.7 Å². The summed E-state index contributed by atoms with van der Waals surface area (Å²) < 4.78 is 4.72. The monoisotopic (exact) mass is 262 g/mol. The highest BCUT2D eigenvalue weighted by Crippen LogP contribution is 2.43. The Hall–Kier alpha value is -2.04. The second-order valence-corrected chi connectivity index (χ2v) is 5.28. The number of benzene rings is 1. The minimum atomic E-state index is -0.688. The zero-order valence-electron chi connectivity index (χ0n) is 11.6. The lowest BCUT2D eigenvalue weighted by atomic mass is 9.86. The van der Waals surface area contributed by atoms with Crippen LogP contribution in [0.3, 0.4) is 0 Å². The lowest BCUT2D eigenvalue weighted by Gasteiger charge is -2.25. The molecule has 0 fully saturated rings. The quantitative estimate of drug-likeness (QED) is 0.647. The van der Waals surface area contributed by atoms with E-state index in [9.17, 15) is 9.59 Å². The van der Waals surface area contributed by atoms with Gasteiger partial charge in [-0.05, 0) is 44.5 Å². The number of nitrogens with zero attached hydrogens (tertiary/aromatic N) is 1. The summed E-state index contributed by atoms with van der Waals surface area (Å²) in [5.74, 6) is -0.556. The molecule has 0 saturated carbocycles. The molecular formula is C14H18N2O3. The molecule has 0 radical (unpaired) electrons. The van der Waals surface area contributed by atoms with Crippen LogP contribution in [-0.4, -0.2) is 25.0 Å². The van der Waals surface area contributed by atoms with Gasteiger partial charge in [-0.3, -0.25) is 9.69 Å². The molecule has 1 amide bonds. The maximum absolute atomic E-state index is 12.5. The van der Waals surface area contributed by atoms with Gasteiger partial charge in [-0.25, -0.2) is 4.79 Å². The van der Waals surface area contributed by atoms with E-state index < -0.39 is 17.4 Å². The summed E-state index contributed by atoms with van der Waals surface area (Å²) in [4.78, 5) is 25.7. The molecule has 2 N–H and O–H groups in total. The molecule has 1 aliphatic heterocycles. The zero-order chi connectivity index (χ0) is 14.4. The van der Waals surface area contributed by atoms with Crippen molar-refractivity contribution in [3.63, 3.8) is 0 Å². The highest BCUT2D eigenvalue weighted by Gasteiger charge is 2.47. The Morgan fingerprint density at radius 2 is 2.05 bits per heavy atom. The van der Waals surface area contributed by atoms with Crippen LogP contribution in [0.4, 0.5) is 11.4 Å². The van der Waals surface area contributed by atoms with Crippen LogP contribution in [0.15, 0.2) is 18.2 Å². The lowest BCUT2D eigenvalue weighted by Crippen LogP contribution is -2.45. The van der Waals surface area contributed by atoms with Gasteiger partial charge >= 0.3 is 5.97 Å². The largest absolute Gasteiger partial charge is 0.467 e. The van der Waals surface area contributed by atoms with Crippen LogP contribution in [0, 0.1) is 0 Å². The van der Waals surface area contributed by atoms with Gasteiger partial charge in [-0.1, -0.05) is 0 Å². The van der Waals surface area contributed by atoms with Crippen LogP contribution in [0.25, 0.3) is 0 Å². The number of nitrogen functional groups attached to an aromatic ring is 1. The first-order valence-corrected chi connectivity index (χ1v) is 6.12. The number of hydrogen-bond acceptors (Lipinski definition) is 4. The fourth-order valence-electron chi connectivity index (χ4n) is 2.45.